The highest BCUT2D eigenvalue weighted by Crippen LogP contribution is 2.03. The third-order valence-electron chi connectivity index (χ3n) is 0.644. The van der Waals surface area contributed by atoms with Crippen molar-refractivity contribution in [1.29, 1.82) is 0 Å². The number of nitrogens with zero attached hydrogens (tertiary/aromatic N) is 2. The number of rotatable bonds is 1. The van der Waals surface area contributed by atoms with E-state index in [4.69, 9.17) is 11.5 Å². The molecule has 5 nitrogen and oxygen atoms in total. The second-order valence-electron chi connectivity index (χ2n) is 1.35. The molecule has 4 N–H and O–H groups in total. The van der Waals surface area contributed by atoms with Crippen molar-refractivity contribution >= 4 is 12.0 Å². The summed E-state index contributed by atoms with van der Waals surface area (Å²) < 4.78 is 4.69. The van der Waals surface area contributed by atoms with Crippen LogP contribution in [0.1, 0.15) is 0 Å². The van der Waals surface area contributed by atoms with E-state index in [1.54, 1.807) is 0 Å². The van der Waals surface area contributed by atoms with Gasteiger partial charge in [0.1, 0.15) is 6.26 Å². The van der Waals surface area contributed by atoms with Gasteiger partial charge in [-0.15, -0.1) is 0 Å². The fraction of sp³-hybridized carbons (Fsp3) is 0. The van der Waals surface area contributed by atoms with Crippen LogP contribution in [0.25, 0.3) is 0 Å². The lowest BCUT2D eigenvalue weighted by Crippen LogP contribution is -2.21. The van der Waals surface area contributed by atoms with Crippen molar-refractivity contribution in [1.82, 2.24) is 4.98 Å². The number of aliphatic imine (C=N–C) groups is 1. The lowest BCUT2D eigenvalue weighted by atomic mass is 11.0. The van der Waals surface area contributed by atoms with Gasteiger partial charge in [-0.1, -0.05) is 0 Å². The fourth-order valence-corrected chi connectivity index (χ4v) is 0.382. The molecule has 0 spiro atoms. The van der Waals surface area contributed by atoms with Gasteiger partial charge in [0, 0.05) is 0 Å². The highest BCUT2D eigenvalue weighted by molar-refractivity contribution is 5.77. The van der Waals surface area contributed by atoms with E-state index in [1.807, 2.05) is 0 Å². The highest BCUT2D eigenvalue weighted by atomic mass is 16.4. The van der Waals surface area contributed by atoms with Crippen molar-refractivity contribution in [3.8, 4) is 0 Å². The molecule has 0 radical (unpaired) electrons. The maximum absolute atomic E-state index is 5.01. The molecule has 0 fully saturated rings. The molecule has 0 saturated carbocycles. The van der Waals surface area contributed by atoms with Gasteiger partial charge in [0.15, 0.2) is 5.96 Å². The van der Waals surface area contributed by atoms with Gasteiger partial charge >= 0.3 is 6.01 Å². The topological polar surface area (TPSA) is 90.4 Å². The number of oxazole rings is 1. The molecule has 1 heterocycles. The molecule has 0 bridgehead atoms. The molecule has 0 saturated heterocycles. The molecule has 9 heavy (non-hydrogen) atoms. The molecule has 1 rings (SSSR count). The smallest absolute Gasteiger partial charge is 0.324 e. The minimum atomic E-state index is -0.0579. The monoisotopic (exact) mass is 126 g/mol. The van der Waals surface area contributed by atoms with Crippen molar-refractivity contribution in [2.75, 3.05) is 0 Å². The fourth-order valence-electron chi connectivity index (χ4n) is 0.382. The zero-order valence-electron chi connectivity index (χ0n) is 4.61. The van der Waals surface area contributed by atoms with Gasteiger partial charge < -0.3 is 15.9 Å². The average molecular weight is 126 g/mol. The maximum Gasteiger partial charge on any atom is 0.324 e. The highest BCUT2D eigenvalue weighted by Gasteiger charge is 1.90. The molecule has 1 aromatic heterocycles. The molecule has 0 atom stereocenters. The van der Waals surface area contributed by atoms with Crippen molar-refractivity contribution in [3.05, 3.63) is 12.5 Å². The van der Waals surface area contributed by atoms with E-state index in [1.165, 1.54) is 12.5 Å². The van der Waals surface area contributed by atoms with Crippen LogP contribution in [0, 0.1) is 0 Å². The van der Waals surface area contributed by atoms with Gasteiger partial charge in [0.2, 0.25) is 0 Å². The number of hydrogen-bond donors (Lipinski definition) is 2. The molecule has 5 heteroatoms. The number of guanidine groups is 1. The summed E-state index contributed by atoms with van der Waals surface area (Å²) >= 11 is 0. The van der Waals surface area contributed by atoms with Gasteiger partial charge in [-0.05, 0) is 0 Å². The number of hydrogen-bond acceptors (Lipinski definition) is 3. The minimum absolute atomic E-state index is 0.0579. The van der Waals surface area contributed by atoms with Crippen LogP contribution >= 0.6 is 0 Å². The molecule has 48 valence electrons. The zero-order chi connectivity index (χ0) is 6.69. The largest absolute Gasteiger partial charge is 0.431 e. The van der Waals surface area contributed by atoms with Crippen molar-refractivity contribution < 1.29 is 4.42 Å². The van der Waals surface area contributed by atoms with Crippen molar-refractivity contribution in [3.63, 3.8) is 0 Å². The standard InChI is InChI=1S/C4H6N4O/c5-3(6)8-4-7-1-2-9-4/h1-2H,(H4,5,6,7,8). The Labute approximate surface area is 51.4 Å². The van der Waals surface area contributed by atoms with Crippen LogP contribution in [-0.2, 0) is 0 Å². The van der Waals surface area contributed by atoms with E-state index in [-0.39, 0.29) is 12.0 Å². The maximum atomic E-state index is 5.01. The van der Waals surface area contributed by atoms with Gasteiger partial charge in [-0.25, -0.2) is 4.98 Å². The summed E-state index contributed by atoms with van der Waals surface area (Å²) in [6.45, 7) is 0. The Bertz CT molecular complexity index is 198. The van der Waals surface area contributed by atoms with Crippen molar-refractivity contribution in [2.24, 2.45) is 16.5 Å². The molecular formula is C4H6N4O. The van der Waals surface area contributed by atoms with E-state index < -0.39 is 0 Å². The third kappa shape index (κ3) is 1.45. The van der Waals surface area contributed by atoms with E-state index in [2.05, 4.69) is 14.4 Å². The molecular weight excluding hydrogens is 120 g/mol. The first-order valence-corrected chi connectivity index (χ1v) is 2.28. The molecule has 0 aliphatic rings. The zero-order valence-corrected chi connectivity index (χ0v) is 4.61. The van der Waals surface area contributed by atoms with Gasteiger partial charge in [-0.3, -0.25) is 0 Å². The third-order valence-corrected chi connectivity index (χ3v) is 0.644. The van der Waals surface area contributed by atoms with Crippen LogP contribution in [0.4, 0.5) is 6.01 Å². The molecule has 0 aromatic carbocycles. The van der Waals surface area contributed by atoms with Crippen LogP contribution in [-0.4, -0.2) is 10.9 Å². The van der Waals surface area contributed by atoms with Crippen LogP contribution < -0.4 is 11.5 Å². The first-order valence-electron chi connectivity index (χ1n) is 2.28. The molecule has 0 aliphatic heterocycles. The number of aromatic nitrogens is 1. The first-order chi connectivity index (χ1) is 4.29. The Morgan fingerprint density at radius 3 is 2.89 bits per heavy atom. The van der Waals surface area contributed by atoms with Crippen LogP contribution in [0.2, 0.25) is 0 Å². The van der Waals surface area contributed by atoms with Crippen LogP contribution in [0.15, 0.2) is 21.9 Å². The predicted molar refractivity (Wildman–Crippen MR) is 32.0 cm³/mol. The summed E-state index contributed by atoms with van der Waals surface area (Å²) in [4.78, 5) is 7.16. The van der Waals surface area contributed by atoms with E-state index in [9.17, 15) is 0 Å². The Kier molecular flexibility index (Phi) is 1.35. The first kappa shape index (κ1) is 5.61. The summed E-state index contributed by atoms with van der Waals surface area (Å²) in [5.74, 6) is -0.0579. The summed E-state index contributed by atoms with van der Waals surface area (Å²) in [7, 11) is 0. The van der Waals surface area contributed by atoms with Gasteiger partial charge in [-0.2, -0.15) is 4.99 Å². The second-order valence-corrected chi connectivity index (χ2v) is 1.35. The molecule has 0 aliphatic carbocycles. The van der Waals surface area contributed by atoms with Gasteiger partial charge in [0.05, 0.1) is 6.20 Å². The van der Waals surface area contributed by atoms with Crippen LogP contribution in [0.3, 0.4) is 0 Å². The Hall–Kier alpha value is -1.52. The lowest BCUT2D eigenvalue weighted by Gasteiger charge is -1.83. The summed E-state index contributed by atoms with van der Waals surface area (Å²) in [6, 6.07) is 0.176. The van der Waals surface area contributed by atoms with E-state index in [0.717, 1.165) is 0 Å². The van der Waals surface area contributed by atoms with E-state index in [0.29, 0.717) is 0 Å². The SMILES string of the molecule is NC(N)=Nc1ncco1. The summed E-state index contributed by atoms with van der Waals surface area (Å²) in [5.41, 5.74) is 10.0. The summed E-state index contributed by atoms with van der Waals surface area (Å²) in [6.07, 6.45) is 2.85. The Morgan fingerprint density at radius 2 is 2.44 bits per heavy atom. The minimum Gasteiger partial charge on any atom is -0.431 e. The quantitative estimate of drug-likeness (QED) is 0.395. The summed E-state index contributed by atoms with van der Waals surface area (Å²) in [5, 5.41) is 0. The molecule has 0 amide bonds. The number of nitrogens with two attached hydrogens (primary N) is 2. The van der Waals surface area contributed by atoms with Crippen molar-refractivity contribution in [2.45, 2.75) is 0 Å². The molecule has 0 unspecified atom stereocenters. The normalized spacial score (nSPS) is 8.89. The van der Waals surface area contributed by atoms with E-state index >= 15 is 0 Å². The molecule has 1 aromatic rings. The Morgan fingerprint density at radius 1 is 1.67 bits per heavy atom. The predicted octanol–water partition coefficient (Wildman–Crippen LogP) is -0.421. The lowest BCUT2D eigenvalue weighted by molar-refractivity contribution is 0.569. The second kappa shape index (κ2) is 2.17. The van der Waals surface area contributed by atoms with Crippen LogP contribution in [0.5, 0.6) is 0 Å². The Balaban J connectivity index is 2.80. The average Bonchev–Trinajstić information content (AvgIpc) is 2.15. The van der Waals surface area contributed by atoms with Gasteiger partial charge in [0.25, 0.3) is 0 Å².